The third kappa shape index (κ3) is 5.27. The molecule has 0 aliphatic carbocycles. The van der Waals surface area contributed by atoms with Gasteiger partial charge in [0.15, 0.2) is 0 Å². The number of furan rings is 3. The molecule has 0 saturated heterocycles. The zero-order valence-electron chi connectivity index (χ0n) is 33.4. The van der Waals surface area contributed by atoms with E-state index in [2.05, 4.69) is 193 Å². The van der Waals surface area contributed by atoms with Gasteiger partial charge < -0.3 is 18.2 Å². The van der Waals surface area contributed by atoms with Crippen LogP contribution in [0.2, 0.25) is 0 Å². The van der Waals surface area contributed by atoms with Gasteiger partial charge in [0.25, 0.3) is 0 Å². The Labute approximate surface area is 356 Å². The molecule has 0 radical (unpaired) electrons. The van der Waals surface area contributed by atoms with Crippen LogP contribution in [-0.4, -0.2) is 0 Å². The van der Waals surface area contributed by atoms with Crippen molar-refractivity contribution in [1.82, 2.24) is 0 Å². The zero-order valence-corrected chi connectivity index (χ0v) is 33.4. The van der Waals surface area contributed by atoms with Crippen LogP contribution in [0, 0.1) is 0 Å². The Morgan fingerprint density at radius 2 is 0.790 bits per heavy atom. The number of nitrogens with zero attached hydrogens (tertiary/aromatic N) is 1. The first-order valence-corrected chi connectivity index (χ1v) is 21.0. The van der Waals surface area contributed by atoms with Crippen LogP contribution in [0.5, 0.6) is 0 Å². The second-order valence-electron chi connectivity index (χ2n) is 16.0. The van der Waals surface area contributed by atoms with Gasteiger partial charge in [-0.05, 0) is 76.7 Å². The maximum Gasteiger partial charge on any atom is 0.143 e. The largest absolute Gasteiger partial charge is 0.456 e. The third-order valence-electron chi connectivity index (χ3n) is 12.5. The lowest BCUT2D eigenvalue weighted by Crippen LogP contribution is -2.11. The molecule has 3 aromatic heterocycles. The van der Waals surface area contributed by atoms with Crippen molar-refractivity contribution in [2.45, 2.75) is 0 Å². The van der Waals surface area contributed by atoms with E-state index in [4.69, 9.17) is 13.3 Å². The fourth-order valence-corrected chi connectivity index (χ4v) is 9.63. The molecule has 0 amide bonds. The summed E-state index contributed by atoms with van der Waals surface area (Å²) >= 11 is 0. The quantitative estimate of drug-likeness (QED) is 0.168. The zero-order chi connectivity index (χ0) is 40.7. The lowest BCUT2D eigenvalue weighted by molar-refractivity contribution is 0.669. The maximum atomic E-state index is 6.91. The maximum absolute atomic E-state index is 6.91. The highest BCUT2D eigenvalue weighted by molar-refractivity contribution is 6.18. The van der Waals surface area contributed by atoms with Gasteiger partial charge in [-0.3, -0.25) is 0 Å². The molecule has 0 spiro atoms. The van der Waals surface area contributed by atoms with E-state index in [9.17, 15) is 0 Å². The number of rotatable bonds is 6. The summed E-state index contributed by atoms with van der Waals surface area (Å²) < 4.78 is 19.7. The first kappa shape index (κ1) is 34.5. The summed E-state index contributed by atoms with van der Waals surface area (Å²) in [7, 11) is 0. The van der Waals surface area contributed by atoms with Gasteiger partial charge in [-0.2, -0.15) is 0 Å². The second-order valence-corrected chi connectivity index (χ2v) is 16.0. The van der Waals surface area contributed by atoms with Crippen LogP contribution in [0.4, 0.5) is 17.1 Å². The summed E-state index contributed by atoms with van der Waals surface area (Å²) in [5.74, 6) is 0. The molecular weight excluding hydrogens is 759 g/mol. The summed E-state index contributed by atoms with van der Waals surface area (Å²) in [6.07, 6.45) is 0. The molecule has 3 heterocycles. The van der Waals surface area contributed by atoms with Crippen LogP contribution < -0.4 is 4.90 Å². The molecule has 13 aromatic rings. The van der Waals surface area contributed by atoms with Crippen molar-refractivity contribution in [2.75, 3.05) is 4.90 Å². The molecule has 0 fully saturated rings. The van der Waals surface area contributed by atoms with Crippen LogP contribution in [0.25, 0.3) is 110 Å². The van der Waals surface area contributed by atoms with E-state index in [0.717, 1.165) is 127 Å². The number of hydrogen-bond acceptors (Lipinski definition) is 4. The van der Waals surface area contributed by atoms with Gasteiger partial charge in [0.1, 0.15) is 33.5 Å². The molecule has 0 aliphatic rings. The number of benzene rings is 10. The van der Waals surface area contributed by atoms with E-state index in [0.29, 0.717) is 0 Å². The Kier molecular flexibility index (Phi) is 7.57. The molecular formula is C58H35NO3. The van der Waals surface area contributed by atoms with Crippen LogP contribution in [0.15, 0.2) is 226 Å². The number of hydrogen-bond donors (Lipinski definition) is 0. The summed E-state index contributed by atoms with van der Waals surface area (Å²) in [5, 5.41) is 8.96. The molecule has 0 saturated carbocycles. The highest BCUT2D eigenvalue weighted by Gasteiger charge is 2.22. The minimum absolute atomic E-state index is 0.872. The molecule has 0 aliphatic heterocycles. The predicted octanol–water partition coefficient (Wildman–Crippen LogP) is 17.0. The fraction of sp³-hybridized carbons (Fsp3) is 0. The van der Waals surface area contributed by atoms with E-state index in [-0.39, 0.29) is 0 Å². The average Bonchev–Trinajstić information content (AvgIpc) is 4.04. The van der Waals surface area contributed by atoms with Crippen LogP contribution >= 0.6 is 0 Å². The minimum Gasteiger partial charge on any atom is -0.456 e. The Morgan fingerprint density at radius 1 is 0.274 bits per heavy atom. The van der Waals surface area contributed by atoms with Crippen molar-refractivity contribution in [3.05, 3.63) is 212 Å². The summed E-state index contributed by atoms with van der Waals surface area (Å²) in [5.41, 5.74) is 14.9. The Balaban J connectivity index is 0.986. The fourth-order valence-electron chi connectivity index (χ4n) is 9.63. The van der Waals surface area contributed by atoms with Crippen molar-refractivity contribution in [2.24, 2.45) is 0 Å². The van der Waals surface area contributed by atoms with Crippen LogP contribution in [0.1, 0.15) is 0 Å². The smallest absolute Gasteiger partial charge is 0.143 e. The van der Waals surface area contributed by atoms with E-state index in [1.54, 1.807) is 0 Å². The van der Waals surface area contributed by atoms with Gasteiger partial charge in [-0.15, -0.1) is 0 Å². The average molecular weight is 794 g/mol. The number of anilines is 3. The van der Waals surface area contributed by atoms with Gasteiger partial charge in [0.2, 0.25) is 0 Å². The number of fused-ring (bicyclic) bond motifs is 11. The third-order valence-corrected chi connectivity index (χ3v) is 12.5. The first-order chi connectivity index (χ1) is 30.7. The van der Waals surface area contributed by atoms with Crippen LogP contribution in [0.3, 0.4) is 0 Å². The van der Waals surface area contributed by atoms with Crippen molar-refractivity contribution >= 4 is 93.7 Å². The van der Waals surface area contributed by atoms with Gasteiger partial charge in [0, 0.05) is 65.8 Å². The molecule has 62 heavy (non-hydrogen) atoms. The molecule has 0 N–H and O–H groups in total. The minimum atomic E-state index is 0.872. The van der Waals surface area contributed by atoms with Crippen molar-refractivity contribution in [1.29, 1.82) is 0 Å². The first-order valence-electron chi connectivity index (χ1n) is 21.0. The van der Waals surface area contributed by atoms with Crippen molar-refractivity contribution < 1.29 is 13.3 Å². The standard InChI is InChI=1S/C58H35NO3/c1-2-13-42-36(12-1)30-35-49-48-21-10-19-46(58(48)62-57(42)49)44-14-3-6-22-51(44)59(39-31-26-37(27-32-39)41-17-11-25-54-55(41)50-16-5-8-24-53(50)60-54)40-33-28-38(29-34-40)43-18-9-20-47-45-15-4-7-23-52(45)61-56(43)47/h1-35H. The summed E-state index contributed by atoms with van der Waals surface area (Å²) in [6, 6.07) is 74.9. The van der Waals surface area contributed by atoms with E-state index < -0.39 is 0 Å². The van der Waals surface area contributed by atoms with Gasteiger partial charge in [-0.25, -0.2) is 0 Å². The summed E-state index contributed by atoms with van der Waals surface area (Å²) in [4.78, 5) is 2.36. The normalized spacial score (nSPS) is 11.9. The van der Waals surface area contributed by atoms with E-state index in [1.165, 1.54) is 0 Å². The Morgan fingerprint density at radius 3 is 1.58 bits per heavy atom. The van der Waals surface area contributed by atoms with Gasteiger partial charge in [-0.1, -0.05) is 158 Å². The second kappa shape index (κ2) is 13.6. The molecule has 13 rings (SSSR count). The molecule has 0 unspecified atom stereocenters. The highest BCUT2D eigenvalue weighted by Crippen LogP contribution is 2.46. The van der Waals surface area contributed by atoms with Gasteiger partial charge >= 0.3 is 0 Å². The Bertz CT molecular complexity index is 3870. The molecule has 4 heteroatoms. The monoisotopic (exact) mass is 793 g/mol. The molecule has 4 nitrogen and oxygen atoms in total. The van der Waals surface area contributed by atoms with E-state index in [1.807, 2.05) is 24.3 Å². The molecule has 10 aromatic carbocycles. The van der Waals surface area contributed by atoms with E-state index >= 15 is 0 Å². The van der Waals surface area contributed by atoms with Crippen molar-refractivity contribution in [3.8, 4) is 33.4 Å². The molecule has 0 bridgehead atoms. The lowest BCUT2D eigenvalue weighted by Gasteiger charge is -2.28. The highest BCUT2D eigenvalue weighted by atomic mass is 16.3. The van der Waals surface area contributed by atoms with Gasteiger partial charge in [0.05, 0.1) is 5.69 Å². The lowest BCUT2D eigenvalue weighted by atomic mass is 9.97. The number of para-hydroxylation sites is 5. The topological polar surface area (TPSA) is 42.7 Å². The van der Waals surface area contributed by atoms with Crippen LogP contribution in [-0.2, 0) is 0 Å². The molecule has 290 valence electrons. The Hall–Kier alpha value is -8.34. The van der Waals surface area contributed by atoms with Crippen molar-refractivity contribution in [3.63, 3.8) is 0 Å². The predicted molar refractivity (Wildman–Crippen MR) is 257 cm³/mol. The molecule has 0 atom stereocenters. The summed E-state index contributed by atoms with van der Waals surface area (Å²) in [6.45, 7) is 0. The SMILES string of the molecule is c1ccc(N(c2ccc(-c3cccc4c3oc3ccccc34)cc2)c2ccc(-c3cccc4oc5ccccc5c34)cc2)c(-c2cccc3c2oc2c4ccccc4ccc32)c1.